The Kier molecular flexibility index (Phi) is 3.93. The standard InChI is InChI=1S/C13H10Cl2N2O2/c1-17-6-2-3-9(13(17)19)12(18)16-8-4-5-10(14)11(15)7-8/h2-7H,1H3,(H,16,18). The van der Waals surface area contributed by atoms with Gasteiger partial charge in [-0.25, -0.2) is 0 Å². The fourth-order valence-electron chi connectivity index (χ4n) is 1.54. The Balaban J connectivity index is 2.28. The van der Waals surface area contributed by atoms with Crippen LogP contribution in [0.1, 0.15) is 10.4 Å². The minimum atomic E-state index is -0.486. The van der Waals surface area contributed by atoms with Gasteiger partial charge in [0.2, 0.25) is 0 Å². The first kappa shape index (κ1) is 13.6. The van der Waals surface area contributed by atoms with Crippen molar-refractivity contribution in [1.82, 2.24) is 4.57 Å². The summed E-state index contributed by atoms with van der Waals surface area (Å²) in [6.45, 7) is 0. The topological polar surface area (TPSA) is 51.1 Å². The van der Waals surface area contributed by atoms with Crippen LogP contribution in [0, 0.1) is 0 Å². The van der Waals surface area contributed by atoms with E-state index in [2.05, 4.69) is 5.32 Å². The molecule has 1 amide bonds. The Hall–Kier alpha value is -1.78. The summed E-state index contributed by atoms with van der Waals surface area (Å²) in [6, 6.07) is 7.80. The number of anilines is 1. The Morgan fingerprint density at radius 1 is 1.21 bits per heavy atom. The number of amides is 1. The highest BCUT2D eigenvalue weighted by molar-refractivity contribution is 6.42. The molecule has 0 atom stereocenters. The zero-order chi connectivity index (χ0) is 14.0. The highest BCUT2D eigenvalue weighted by Gasteiger charge is 2.11. The fourth-order valence-corrected chi connectivity index (χ4v) is 1.84. The van der Waals surface area contributed by atoms with Crippen molar-refractivity contribution < 1.29 is 4.79 Å². The zero-order valence-electron chi connectivity index (χ0n) is 9.98. The second-order valence-electron chi connectivity index (χ2n) is 3.92. The van der Waals surface area contributed by atoms with Crippen molar-refractivity contribution in [3.05, 3.63) is 62.5 Å². The summed E-state index contributed by atoms with van der Waals surface area (Å²) in [5.74, 6) is -0.486. The van der Waals surface area contributed by atoms with Gasteiger partial charge in [0, 0.05) is 18.9 Å². The summed E-state index contributed by atoms with van der Waals surface area (Å²) in [5.41, 5.74) is 0.182. The molecule has 98 valence electrons. The number of hydrogen-bond acceptors (Lipinski definition) is 2. The third-order valence-electron chi connectivity index (χ3n) is 2.55. The molecule has 0 radical (unpaired) electrons. The maximum atomic E-state index is 12.0. The molecule has 0 saturated heterocycles. The van der Waals surface area contributed by atoms with Crippen LogP contribution in [0.25, 0.3) is 0 Å². The van der Waals surface area contributed by atoms with E-state index >= 15 is 0 Å². The third-order valence-corrected chi connectivity index (χ3v) is 3.28. The van der Waals surface area contributed by atoms with Crippen LogP contribution in [0.2, 0.25) is 10.0 Å². The predicted molar refractivity (Wildman–Crippen MR) is 76.1 cm³/mol. The van der Waals surface area contributed by atoms with E-state index in [0.29, 0.717) is 15.7 Å². The molecule has 1 heterocycles. The van der Waals surface area contributed by atoms with Gasteiger partial charge >= 0.3 is 0 Å². The Bertz CT molecular complexity index is 695. The largest absolute Gasteiger partial charge is 0.322 e. The van der Waals surface area contributed by atoms with E-state index in [1.807, 2.05) is 0 Å². The highest BCUT2D eigenvalue weighted by Crippen LogP contribution is 2.25. The van der Waals surface area contributed by atoms with Crippen LogP contribution in [0.3, 0.4) is 0 Å². The average molecular weight is 297 g/mol. The van der Waals surface area contributed by atoms with Gasteiger partial charge in [-0.1, -0.05) is 23.2 Å². The number of hydrogen-bond donors (Lipinski definition) is 1. The van der Waals surface area contributed by atoms with Gasteiger partial charge in [0.25, 0.3) is 11.5 Å². The summed E-state index contributed by atoms with van der Waals surface area (Å²) in [6.07, 6.45) is 1.58. The molecule has 0 aliphatic heterocycles. The van der Waals surface area contributed by atoms with Crippen molar-refractivity contribution in [2.75, 3.05) is 5.32 Å². The quantitative estimate of drug-likeness (QED) is 0.926. The molecule has 0 aliphatic rings. The van der Waals surface area contributed by atoms with Crippen LogP contribution in [-0.2, 0) is 7.05 Å². The lowest BCUT2D eigenvalue weighted by atomic mass is 10.2. The molecule has 0 saturated carbocycles. The lowest BCUT2D eigenvalue weighted by Gasteiger charge is -2.06. The summed E-state index contributed by atoms with van der Waals surface area (Å²) in [7, 11) is 1.58. The van der Waals surface area contributed by atoms with Crippen molar-refractivity contribution in [2.45, 2.75) is 0 Å². The van der Waals surface area contributed by atoms with Crippen LogP contribution in [0.5, 0.6) is 0 Å². The average Bonchev–Trinajstić information content (AvgIpc) is 2.37. The smallest absolute Gasteiger partial charge is 0.263 e. The lowest BCUT2D eigenvalue weighted by molar-refractivity contribution is 0.102. The first-order valence-corrected chi connectivity index (χ1v) is 6.16. The van der Waals surface area contributed by atoms with Crippen molar-refractivity contribution in [2.24, 2.45) is 7.05 Å². The Morgan fingerprint density at radius 3 is 2.63 bits per heavy atom. The van der Waals surface area contributed by atoms with Crippen LogP contribution >= 0.6 is 23.2 Å². The SMILES string of the molecule is Cn1cccc(C(=O)Nc2ccc(Cl)c(Cl)c2)c1=O. The molecule has 2 rings (SSSR count). The second kappa shape index (κ2) is 5.47. The molecule has 19 heavy (non-hydrogen) atoms. The number of benzene rings is 1. The molecule has 1 aromatic heterocycles. The third kappa shape index (κ3) is 2.97. The molecule has 4 nitrogen and oxygen atoms in total. The van der Waals surface area contributed by atoms with E-state index in [-0.39, 0.29) is 11.1 Å². The summed E-state index contributed by atoms with van der Waals surface area (Å²) < 4.78 is 1.34. The van der Waals surface area contributed by atoms with Crippen LogP contribution in [-0.4, -0.2) is 10.5 Å². The molecule has 0 unspecified atom stereocenters. The fraction of sp³-hybridized carbons (Fsp3) is 0.0769. The minimum Gasteiger partial charge on any atom is -0.322 e. The van der Waals surface area contributed by atoms with E-state index in [1.54, 1.807) is 31.4 Å². The first-order valence-electron chi connectivity index (χ1n) is 5.41. The lowest BCUT2D eigenvalue weighted by Crippen LogP contribution is -2.26. The molecule has 0 aliphatic carbocycles. The number of aryl methyl sites for hydroxylation is 1. The van der Waals surface area contributed by atoms with Gasteiger partial charge in [-0.2, -0.15) is 0 Å². The Labute approximate surface area is 119 Å². The molecule has 2 aromatic rings. The normalized spacial score (nSPS) is 10.3. The summed E-state index contributed by atoms with van der Waals surface area (Å²) in [5, 5.41) is 3.33. The van der Waals surface area contributed by atoms with E-state index in [9.17, 15) is 9.59 Å². The molecule has 0 spiro atoms. The monoisotopic (exact) mass is 296 g/mol. The number of nitrogens with one attached hydrogen (secondary N) is 1. The van der Waals surface area contributed by atoms with Crippen molar-refractivity contribution in [3.63, 3.8) is 0 Å². The molecular weight excluding hydrogens is 287 g/mol. The highest BCUT2D eigenvalue weighted by atomic mass is 35.5. The minimum absolute atomic E-state index is 0.0658. The number of aromatic nitrogens is 1. The number of nitrogens with zero attached hydrogens (tertiary/aromatic N) is 1. The maximum absolute atomic E-state index is 12.0. The van der Waals surface area contributed by atoms with Gasteiger partial charge in [-0.3, -0.25) is 9.59 Å². The van der Waals surface area contributed by atoms with E-state index in [4.69, 9.17) is 23.2 Å². The van der Waals surface area contributed by atoms with Crippen molar-refractivity contribution >= 4 is 34.8 Å². The van der Waals surface area contributed by atoms with Gasteiger partial charge in [0.15, 0.2) is 0 Å². The number of carbonyl (C=O) groups excluding carboxylic acids is 1. The van der Waals surface area contributed by atoms with Crippen molar-refractivity contribution in [3.8, 4) is 0 Å². The van der Waals surface area contributed by atoms with Gasteiger partial charge in [0.05, 0.1) is 10.0 Å². The van der Waals surface area contributed by atoms with Gasteiger partial charge in [-0.15, -0.1) is 0 Å². The van der Waals surface area contributed by atoms with Crippen LogP contribution in [0.4, 0.5) is 5.69 Å². The molecule has 1 N–H and O–H groups in total. The molecule has 0 bridgehead atoms. The van der Waals surface area contributed by atoms with Gasteiger partial charge < -0.3 is 9.88 Å². The van der Waals surface area contributed by atoms with Crippen LogP contribution in [0.15, 0.2) is 41.3 Å². The van der Waals surface area contributed by atoms with Gasteiger partial charge in [-0.05, 0) is 30.3 Å². The number of carbonyl (C=O) groups is 1. The van der Waals surface area contributed by atoms with E-state index < -0.39 is 5.91 Å². The van der Waals surface area contributed by atoms with Gasteiger partial charge in [0.1, 0.15) is 5.56 Å². The molecule has 6 heteroatoms. The van der Waals surface area contributed by atoms with E-state index in [1.165, 1.54) is 16.7 Å². The molecule has 0 fully saturated rings. The molecular formula is C13H10Cl2N2O2. The van der Waals surface area contributed by atoms with Crippen molar-refractivity contribution in [1.29, 1.82) is 0 Å². The van der Waals surface area contributed by atoms with E-state index in [0.717, 1.165) is 0 Å². The summed E-state index contributed by atoms with van der Waals surface area (Å²) >= 11 is 11.6. The second-order valence-corrected chi connectivity index (χ2v) is 4.74. The molecule has 1 aromatic carbocycles. The zero-order valence-corrected chi connectivity index (χ0v) is 11.5. The number of pyridine rings is 1. The Morgan fingerprint density at radius 2 is 1.95 bits per heavy atom. The van der Waals surface area contributed by atoms with Crippen LogP contribution < -0.4 is 10.9 Å². The predicted octanol–water partition coefficient (Wildman–Crippen LogP) is 2.94. The number of halogens is 2. The first-order chi connectivity index (χ1) is 8.99. The maximum Gasteiger partial charge on any atom is 0.263 e. The summed E-state index contributed by atoms with van der Waals surface area (Å²) in [4.78, 5) is 23.8. The number of rotatable bonds is 2.